The van der Waals surface area contributed by atoms with Crippen molar-refractivity contribution in [2.45, 2.75) is 38.0 Å². The Morgan fingerprint density at radius 3 is 2.12 bits per heavy atom. The molecule has 1 fully saturated rings. The van der Waals surface area contributed by atoms with Gasteiger partial charge in [0.25, 0.3) is 0 Å². The summed E-state index contributed by atoms with van der Waals surface area (Å²) in [5.74, 6) is 0.576. The average molecular weight is 424 g/mol. The molecule has 1 amide bonds. The van der Waals surface area contributed by atoms with Gasteiger partial charge in [0.15, 0.2) is 5.78 Å². The minimum Gasteiger partial charge on any atom is -0.342 e. The molecule has 2 aliphatic rings. The number of nitrogens with zero attached hydrogens (tertiary/aromatic N) is 1. The molecule has 0 bridgehead atoms. The zero-order valence-corrected chi connectivity index (χ0v) is 18.4. The van der Waals surface area contributed by atoms with Gasteiger partial charge in [-0.25, -0.2) is 0 Å². The first-order valence-corrected chi connectivity index (χ1v) is 11.7. The van der Waals surface area contributed by atoms with Crippen LogP contribution in [0.4, 0.5) is 0 Å². The molecule has 162 valence electrons. The van der Waals surface area contributed by atoms with Crippen molar-refractivity contribution < 1.29 is 9.59 Å². The van der Waals surface area contributed by atoms with Crippen LogP contribution in [0.15, 0.2) is 78.9 Å². The first kappa shape index (κ1) is 20.7. The van der Waals surface area contributed by atoms with Gasteiger partial charge < -0.3 is 4.90 Å². The quantitative estimate of drug-likeness (QED) is 0.492. The number of benzene rings is 3. The zero-order chi connectivity index (χ0) is 21.9. The van der Waals surface area contributed by atoms with E-state index in [0.717, 1.165) is 61.0 Å². The molecule has 1 saturated heterocycles. The normalized spacial score (nSPS) is 19.3. The molecule has 1 aliphatic heterocycles. The van der Waals surface area contributed by atoms with Gasteiger partial charge in [0.1, 0.15) is 0 Å². The molecule has 3 aromatic rings. The van der Waals surface area contributed by atoms with Gasteiger partial charge >= 0.3 is 0 Å². The minimum absolute atomic E-state index is 0.104. The Morgan fingerprint density at radius 1 is 0.750 bits per heavy atom. The summed E-state index contributed by atoms with van der Waals surface area (Å²) >= 11 is 0. The van der Waals surface area contributed by atoms with Crippen LogP contribution in [0.1, 0.15) is 53.1 Å². The summed E-state index contributed by atoms with van der Waals surface area (Å²) < 4.78 is 0. The minimum atomic E-state index is -0.216. The lowest BCUT2D eigenvalue weighted by Gasteiger charge is -2.34. The third-order valence-corrected chi connectivity index (χ3v) is 7.16. The number of likely N-dealkylation sites (tertiary alicyclic amines) is 1. The van der Waals surface area contributed by atoms with Crippen LogP contribution in [0, 0.1) is 5.92 Å². The number of amides is 1. The van der Waals surface area contributed by atoms with E-state index in [-0.39, 0.29) is 17.6 Å². The SMILES string of the molecule is O=C1CC(C(=O)N2CCC(c3ccccc3)CC2)CCc2c1cccc2-c1ccccc1. The van der Waals surface area contributed by atoms with Crippen LogP contribution in [0.25, 0.3) is 11.1 Å². The van der Waals surface area contributed by atoms with Gasteiger partial charge in [0, 0.05) is 31.0 Å². The molecule has 0 aromatic heterocycles. The smallest absolute Gasteiger partial charge is 0.226 e. The molecule has 1 unspecified atom stereocenters. The average Bonchev–Trinajstić information content (AvgIpc) is 3.03. The number of rotatable bonds is 3. The molecule has 3 nitrogen and oxygen atoms in total. The number of carbonyl (C=O) groups excluding carboxylic acids is 2. The molecule has 1 heterocycles. The summed E-state index contributed by atoms with van der Waals surface area (Å²) in [6.45, 7) is 1.57. The van der Waals surface area contributed by atoms with Crippen molar-refractivity contribution in [2.24, 2.45) is 5.92 Å². The Hall–Kier alpha value is -3.20. The summed E-state index contributed by atoms with van der Waals surface area (Å²) in [5, 5.41) is 0. The highest BCUT2D eigenvalue weighted by Gasteiger charge is 2.33. The van der Waals surface area contributed by atoms with E-state index in [0.29, 0.717) is 12.3 Å². The number of piperidine rings is 1. The topological polar surface area (TPSA) is 37.4 Å². The highest BCUT2D eigenvalue weighted by molar-refractivity contribution is 6.02. The molecule has 1 atom stereocenters. The van der Waals surface area contributed by atoms with Crippen molar-refractivity contribution in [3.05, 3.63) is 95.6 Å². The maximum absolute atomic E-state index is 13.4. The monoisotopic (exact) mass is 423 g/mol. The van der Waals surface area contributed by atoms with E-state index in [1.54, 1.807) is 0 Å². The summed E-state index contributed by atoms with van der Waals surface area (Å²) in [4.78, 5) is 28.5. The van der Waals surface area contributed by atoms with E-state index in [4.69, 9.17) is 0 Å². The van der Waals surface area contributed by atoms with E-state index in [2.05, 4.69) is 42.5 Å². The van der Waals surface area contributed by atoms with E-state index in [1.165, 1.54) is 5.56 Å². The second-order valence-corrected chi connectivity index (χ2v) is 9.07. The zero-order valence-electron chi connectivity index (χ0n) is 18.4. The van der Waals surface area contributed by atoms with Gasteiger partial charge in [-0.05, 0) is 53.9 Å². The molecule has 0 saturated carbocycles. The number of hydrogen-bond donors (Lipinski definition) is 0. The van der Waals surface area contributed by atoms with Crippen molar-refractivity contribution in [1.82, 2.24) is 4.90 Å². The number of hydrogen-bond acceptors (Lipinski definition) is 2. The molecular weight excluding hydrogens is 394 g/mol. The van der Waals surface area contributed by atoms with Gasteiger partial charge in [0.05, 0.1) is 0 Å². The number of Topliss-reactive ketones (excluding diaryl/α,β-unsaturated/α-hetero) is 1. The third kappa shape index (κ3) is 4.12. The lowest BCUT2D eigenvalue weighted by molar-refractivity contribution is -0.136. The van der Waals surface area contributed by atoms with Gasteiger partial charge in [-0.3, -0.25) is 9.59 Å². The molecule has 3 heteroatoms. The summed E-state index contributed by atoms with van der Waals surface area (Å²) in [6, 6.07) is 26.8. The number of ketones is 1. The van der Waals surface area contributed by atoms with Gasteiger partial charge in [-0.15, -0.1) is 0 Å². The van der Waals surface area contributed by atoms with Crippen LogP contribution in [-0.2, 0) is 11.2 Å². The van der Waals surface area contributed by atoms with Crippen LogP contribution in [0.5, 0.6) is 0 Å². The van der Waals surface area contributed by atoms with Crippen molar-refractivity contribution in [2.75, 3.05) is 13.1 Å². The molecule has 0 radical (unpaired) electrons. The van der Waals surface area contributed by atoms with Crippen molar-refractivity contribution >= 4 is 11.7 Å². The first-order chi connectivity index (χ1) is 15.7. The van der Waals surface area contributed by atoms with Crippen molar-refractivity contribution in [3.8, 4) is 11.1 Å². The van der Waals surface area contributed by atoms with E-state index in [9.17, 15) is 9.59 Å². The Bertz CT molecular complexity index is 1100. The maximum Gasteiger partial charge on any atom is 0.226 e. The number of carbonyl (C=O) groups is 2. The van der Waals surface area contributed by atoms with Crippen LogP contribution >= 0.6 is 0 Å². The lowest BCUT2D eigenvalue weighted by atomic mass is 9.88. The summed E-state index contributed by atoms with van der Waals surface area (Å²) in [7, 11) is 0. The van der Waals surface area contributed by atoms with E-state index >= 15 is 0 Å². The molecular formula is C29H29NO2. The van der Waals surface area contributed by atoms with Gasteiger partial charge in [-0.2, -0.15) is 0 Å². The van der Waals surface area contributed by atoms with Crippen LogP contribution < -0.4 is 0 Å². The van der Waals surface area contributed by atoms with Crippen LogP contribution in [-0.4, -0.2) is 29.7 Å². The van der Waals surface area contributed by atoms with E-state index in [1.807, 2.05) is 41.3 Å². The molecule has 1 aliphatic carbocycles. The predicted octanol–water partition coefficient (Wildman–Crippen LogP) is 5.90. The van der Waals surface area contributed by atoms with E-state index < -0.39 is 0 Å². The summed E-state index contributed by atoms with van der Waals surface area (Å²) in [5.41, 5.74) is 5.51. The van der Waals surface area contributed by atoms with Gasteiger partial charge in [0.2, 0.25) is 5.91 Å². The highest BCUT2D eigenvalue weighted by Crippen LogP contribution is 2.34. The van der Waals surface area contributed by atoms with Crippen LogP contribution in [0.3, 0.4) is 0 Å². The fourth-order valence-electron chi connectivity index (χ4n) is 5.39. The lowest BCUT2D eigenvalue weighted by Crippen LogP contribution is -2.41. The maximum atomic E-state index is 13.4. The number of fused-ring (bicyclic) bond motifs is 1. The molecule has 32 heavy (non-hydrogen) atoms. The Labute approximate surface area is 190 Å². The Balaban J connectivity index is 1.29. The molecule has 0 N–H and O–H groups in total. The second kappa shape index (κ2) is 9.12. The first-order valence-electron chi connectivity index (χ1n) is 11.7. The molecule has 5 rings (SSSR count). The highest BCUT2D eigenvalue weighted by atomic mass is 16.2. The van der Waals surface area contributed by atoms with Gasteiger partial charge in [-0.1, -0.05) is 78.9 Å². The Morgan fingerprint density at radius 2 is 1.41 bits per heavy atom. The Kier molecular flexibility index (Phi) is 5.89. The van der Waals surface area contributed by atoms with Crippen molar-refractivity contribution in [3.63, 3.8) is 0 Å². The fraction of sp³-hybridized carbons (Fsp3) is 0.310. The summed E-state index contributed by atoms with van der Waals surface area (Å²) in [6.07, 6.45) is 3.81. The predicted molar refractivity (Wildman–Crippen MR) is 128 cm³/mol. The largest absolute Gasteiger partial charge is 0.342 e. The second-order valence-electron chi connectivity index (χ2n) is 9.07. The fourth-order valence-corrected chi connectivity index (χ4v) is 5.39. The molecule has 0 spiro atoms. The third-order valence-electron chi connectivity index (χ3n) is 7.16. The van der Waals surface area contributed by atoms with Crippen LogP contribution in [0.2, 0.25) is 0 Å². The van der Waals surface area contributed by atoms with Crippen molar-refractivity contribution in [1.29, 1.82) is 0 Å². The standard InChI is InChI=1S/C29H29NO2/c31-28-20-24(29(32)30-18-16-22(17-19-30)21-8-3-1-4-9-21)14-15-26-25(12-7-13-27(26)28)23-10-5-2-6-11-23/h1-13,22,24H,14-20H2. The molecule has 3 aromatic carbocycles.